The van der Waals surface area contributed by atoms with Gasteiger partial charge >= 0.3 is 0 Å². The molecule has 0 saturated carbocycles. The fourth-order valence-electron chi connectivity index (χ4n) is 0.863. The Hall–Kier alpha value is -1.39. The molecule has 5 heteroatoms. The van der Waals surface area contributed by atoms with Gasteiger partial charge in [0, 0.05) is 6.07 Å². The summed E-state index contributed by atoms with van der Waals surface area (Å²) in [6.07, 6.45) is -2.86. The first-order chi connectivity index (χ1) is 5.52. The summed E-state index contributed by atoms with van der Waals surface area (Å²) in [5, 5.41) is 9.04. The quantitative estimate of drug-likeness (QED) is 0.676. The Morgan fingerprint density at radius 3 is 2.67 bits per heavy atom. The van der Waals surface area contributed by atoms with E-state index in [9.17, 15) is 13.6 Å². The number of aromatic hydroxyl groups is 1. The van der Waals surface area contributed by atoms with Crippen molar-refractivity contribution in [2.45, 2.75) is 13.3 Å². The topological polar surface area (TPSA) is 53.1 Å². The van der Waals surface area contributed by atoms with Crippen LogP contribution in [0.25, 0.3) is 0 Å². The number of aryl methyl sites for hydroxylation is 1. The number of halogens is 2. The van der Waals surface area contributed by atoms with Crippen molar-refractivity contribution in [3.05, 3.63) is 27.7 Å². The third-order valence-electron chi connectivity index (χ3n) is 1.45. The van der Waals surface area contributed by atoms with Crippen LogP contribution < -0.4 is 5.56 Å². The molecule has 1 aromatic heterocycles. The van der Waals surface area contributed by atoms with Crippen molar-refractivity contribution in [3.8, 4) is 5.75 Å². The van der Waals surface area contributed by atoms with E-state index in [1.54, 1.807) is 0 Å². The lowest BCUT2D eigenvalue weighted by Gasteiger charge is -2.04. The lowest BCUT2D eigenvalue weighted by molar-refractivity contribution is 0.141. The molecule has 1 heterocycles. The second-order valence-electron chi connectivity index (χ2n) is 2.38. The minimum atomic E-state index is -2.86. The van der Waals surface area contributed by atoms with Gasteiger partial charge in [-0.1, -0.05) is 0 Å². The van der Waals surface area contributed by atoms with Gasteiger partial charge in [-0.05, 0) is 12.5 Å². The molecule has 0 atom stereocenters. The van der Waals surface area contributed by atoms with Crippen LogP contribution in [-0.4, -0.2) is 10.1 Å². The molecule has 0 fully saturated rings. The maximum absolute atomic E-state index is 12.1. The fourth-order valence-corrected chi connectivity index (χ4v) is 0.863. The van der Waals surface area contributed by atoms with Crippen molar-refractivity contribution in [3.63, 3.8) is 0 Å². The second kappa shape index (κ2) is 2.92. The molecule has 2 N–H and O–H groups in total. The molecule has 0 bridgehead atoms. The highest BCUT2D eigenvalue weighted by molar-refractivity contribution is 5.34. The van der Waals surface area contributed by atoms with Gasteiger partial charge in [0.05, 0.1) is 0 Å². The van der Waals surface area contributed by atoms with Crippen LogP contribution >= 0.6 is 0 Å². The standard InChI is InChI=1S/C7H7F2NO2/c1-3-2-4(11)10-5(6(3)12)7(8)9/h2,7,12H,1H3,(H,10,11). The predicted molar refractivity (Wildman–Crippen MR) is 38.4 cm³/mol. The Labute approximate surface area is 66.7 Å². The van der Waals surface area contributed by atoms with E-state index >= 15 is 0 Å². The highest BCUT2D eigenvalue weighted by atomic mass is 19.3. The maximum Gasteiger partial charge on any atom is 0.282 e. The number of rotatable bonds is 1. The monoisotopic (exact) mass is 175 g/mol. The molecular weight excluding hydrogens is 168 g/mol. The molecule has 1 rings (SSSR count). The Morgan fingerprint density at radius 1 is 1.58 bits per heavy atom. The summed E-state index contributed by atoms with van der Waals surface area (Å²) in [5.74, 6) is -0.551. The number of hydrogen-bond acceptors (Lipinski definition) is 2. The summed E-state index contributed by atoms with van der Waals surface area (Å²) in [6, 6.07) is 1.06. The van der Waals surface area contributed by atoms with E-state index < -0.39 is 23.4 Å². The highest BCUT2D eigenvalue weighted by Gasteiger charge is 2.15. The molecule has 0 aliphatic carbocycles. The summed E-state index contributed by atoms with van der Waals surface area (Å²) in [6.45, 7) is 1.39. The van der Waals surface area contributed by atoms with Gasteiger partial charge < -0.3 is 10.1 Å². The Bertz CT molecular complexity index is 346. The molecule has 1 aromatic rings. The van der Waals surface area contributed by atoms with E-state index in [4.69, 9.17) is 5.11 Å². The van der Waals surface area contributed by atoms with Crippen LogP contribution in [0.1, 0.15) is 17.7 Å². The SMILES string of the molecule is Cc1cc(=O)[nH]c(C(F)F)c1O. The van der Waals surface area contributed by atoms with E-state index in [0.717, 1.165) is 6.07 Å². The maximum atomic E-state index is 12.1. The molecular formula is C7H7F2NO2. The van der Waals surface area contributed by atoms with Gasteiger partial charge in [0.15, 0.2) is 0 Å². The number of H-pyrrole nitrogens is 1. The van der Waals surface area contributed by atoms with Crippen molar-refractivity contribution < 1.29 is 13.9 Å². The number of aromatic amines is 1. The summed E-state index contributed by atoms with van der Waals surface area (Å²) < 4.78 is 24.1. The molecule has 0 aromatic carbocycles. The van der Waals surface area contributed by atoms with Crippen LogP contribution in [0.2, 0.25) is 0 Å². The first-order valence-corrected chi connectivity index (χ1v) is 3.23. The van der Waals surface area contributed by atoms with E-state index in [1.807, 2.05) is 4.98 Å². The highest BCUT2D eigenvalue weighted by Crippen LogP contribution is 2.26. The zero-order valence-electron chi connectivity index (χ0n) is 6.27. The van der Waals surface area contributed by atoms with Crippen LogP contribution in [0.4, 0.5) is 8.78 Å². The molecule has 0 amide bonds. The number of hydrogen-bond donors (Lipinski definition) is 2. The van der Waals surface area contributed by atoms with Crippen molar-refractivity contribution in [1.82, 2.24) is 4.98 Å². The van der Waals surface area contributed by atoms with Gasteiger partial charge in [-0.15, -0.1) is 0 Å². The van der Waals surface area contributed by atoms with Crippen molar-refractivity contribution in [2.24, 2.45) is 0 Å². The second-order valence-corrected chi connectivity index (χ2v) is 2.38. The molecule has 12 heavy (non-hydrogen) atoms. The van der Waals surface area contributed by atoms with Crippen molar-refractivity contribution >= 4 is 0 Å². The summed E-state index contributed by atoms with van der Waals surface area (Å²) in [5.41, 5.74) is -1.21. The van der Waals surface area contributed by atoms with Crippen molar-refractivity contribution in [2.75, 3.05) is 0 Å². The van der Waals surface area contributed by atoms with E-state index in [-0.39, 0.29) is 5.56 Å². The number of nitrogens with one attached hydrogen (secondary N) is 1. The van der Waals surface area contributed by atoms with Crippen LogP contribution in [-0.2, 0) is 0 Å². The summed E-state index contributed by atoms with van der Waals surface area (Å²) in [4.78, 5) is 12.5. The van der Waals surface area contributed by atoms with Crippen LogP contribution in [0, 0.1) is 6.92 Å². The minimum Gasteiger partial charge on any atom is -0.506 e. The average molecular weight is 175 g/mol. The average Bonchev–Trinajstić information content (AvgIpc) is 1.96. The normalized spacial score (nSPS) is 10.7. The van der Waals surface area contributed by atoms with E-state index in [2.05, 4.69) is 0 Å². The first kappa shape index (κ1) is 8.70. The Balaban J connectivity index is 3.38. The van der Waals surface area contributed by atoms with Crippen LogP contribution in [0.3, 0.4) is 0 Å². The predicted octanol–water partition coefficient (Wildman–Crippen LogP) is 1.33. The number of aromatic nitrogens is 1. The first-order valence-electron chi connectivity index (χ1n) is 3.23. The molecule has 66 valence electrons. The Morgan fingerprint density at radius 2 is 2.17 bits per heavy atom. The van der Waals surface area contributed by atoms with E-state index in [1.165, 1.54) is 6.92 Å². The third-order valence-corrected chi connectivity index (χ3v) is 1.45. The third kappa shape index (κ3) is 1.44. The summed E-state index contributed by atoms with van der Waals surface area (Å²) >= 11 is 0. The molecule has 3 nitrogen and oxygen atoms in total. The molecule has 0 saturated heterocycles. The van der Waals surface area contributed by atoms with Gasteiger partial charge in [-0.3, -0.25) is 4.79 Å². The van der Waals surface area contributed by atoms with Gasteiger partial charge in [-0.25, -0.2) is 8.78 Å². The largest absolute Gasteiger partial charge is 0.506 e. The Kier molecular flexibility index (Phi) is 2.12. The molecule has 0 unspecified atom stereocenters. The lowest BCUT2D eigenvalue weighted by atomic mass is 10.2. The molecule has 0 aliphatic rings. The number of pyridine rings is 1. The van der Waals surface area contributed by atoms with Gasteiger partial charge in [0.1, 0.15) is 11.4 Å². The van der Waals surface area contributed by atoms with Gasteiger partial charge in [0.25, 0.3) is 6.43 Å². The minimum absolute atomic E-state index is 0.147. The zero-order chi connectivity index (χ0) is 9.30. The lowest BCUT2D eigenvalue weighted by Crippen LogP contribution is -2.09. The molecule has 0 spiro atoms. The van der Waals surface area contributed by atoms with Crippen LogP contribution in [0.15, 0.2) is 10.9 Å². The zero-order valence-corrected chi connectivity index (χ0v) is 6.27. The van der Waals surface area contributed by atoms with Crippen LogP contribution in [0.5, 0.6) is 5.75 Å². The summed E-state index contributed by atoms with van der Waals surface area (Å²) in [7, 11) is 0. The van der Waals surface area contributed by atoms with Gasteiger partial charge in [-0.2, -0.15) is 0 Å². The fraction of sp³-hybridized carbons (Fsp3) is 0.286. The smallest absolute Gasteiger partial charge is 0.282 e. The van der Waals surface area contributed by atoms with Gasteiger partial charge in [0.2, 0.25) is 5.56 Å². The molecule has 0 radical (unpaired) electrons. The number of alkyl halides is 2. The van der Waals surface area contributed by atoms with Crippen molar-refractivity contribution in [1.29, 1.82) is 0 Å². The molecule has 0 aliphatic heterocycles. The van der Waals surface area contributed by atoms with E-state index in [0.29, 0.717) is 0 Å².